The highest BCUT2D eigenvalue weighted by Gasteiger charge is 2.18. The smallest absolute Gasteiger partial charge is 0.275 e. The van der Waals surface area contributed by atoms with Gasteiger partial charge in [0.2, 0.25) is 0 Å². The van der Waals surface area contributed by atoms with Crippen molar-refractivity contribution >= 4 is 5.91 Å². The minimum Gasteiger partial charge on any atom is -0.493 e. The van der Waals surface area contributed by atoms with Crippen molar-refractivity contribution in [3.63, 3.8) is 0 Å². The van der Waals surface area contributed by atoms with E-state index >= 15 is 0 Å². The summed E-state index contributed by atoms with van der Waals surface area (Å²) in [4.78, 5) is 12.6. The molecule has 27 heavy (non-hydrogen) atoms. The fraction of sp³-hybridized carbons (Fsp3) is 0.238. The highest BCUT2D eigenvalue weighted by atomic mass is 16.5. The first-order chi connectivity index (χ1) is 13.1. The van der Waals surface area contributed by atoms with Crippen LogP contribution in [0, 0.1) is 0 Å². The molecular weight excluding hydrogens is 342 g/mol. The molecule has 0 radical (unpaired) electrons. The monoisotopic (exact) mass is 365 g/mol. The first-order valence-electron chi connectivity index (χ1n) is 8.79. The Morgan fingerprint density at radius 2 is 1.81 bits per heavy atom. The summed E-state index contributed by atoms with van der Waals surface area (Å²) in [5.74, 6) is 0.949. The molecule has 1 N–H and O–H groups in total. The number of methoxy groups -OCH3 is 1. The summed E-state index contributed by atoms with van der Waals surface area (Å²) in [7, 11) is 1.52. The van der Waals surface area contributed by atoms with Crippen LogP contribution in [0.3, 0.4) is 0 Å². The number of hydrogen-bond acceptors (Lipinski definition) is 4. The molecule has 3 aromatic rings. The standard InChI is InChI=1S/C21H23N3O3/c1-15(2)27-18-11-9-16(10-12-18)13-22-21(25)20-19(26-3)14-24(23-20)17-7-5-4-6-8-17/h4-12,14-15H,13H2,1-3H3,(H,22,25). The molecule has 2 aromatic carbocycles. The molecule has 1 heterocycles. The summed E-state index contributed by atoms with van der Waals surface area (Å²) in [6, 6.07) is 17.2. The predicted molar refractivity (Wildman–Crippen MR) is 103 cm³/mol. The first-order valence-corrected chi connectivity index (χ1v) is 8.79. The molecule has 6 nitrogen and oxygen atoms in total. The van der Waals surface area contributed by atoms with E-state index in [1.54, 1.807) is 10.9 Å². The van der Waals surface area contributed by atoms with Gasteiger partial charge < -0.3 is 14.8 Å². The predicted octanol–water partition coefficient (Wildman–Crippen LogP) is 3.60. The number of para-hydroxylation sites is 1. The highest BCUT2D eigenvalue weighted by Crippen LogP contribution is 2.20. The van der Waals surface area contributed by atoms with E-state index in [0.29, 0.717) is 12.3 Å². The van der Waals surface area contributed by atoms with Crippen LogP contribution < -0.4 is 14.8 Å². The number of ether oxygens (including phenoxy) is 2. The van der Waals surface area contributed by atoms with Gasteiger partial charge in [0.15, 0.2) is 11.4 Å². The summed E-state index contributed by atoms with van der Waals surface area (Å²) >= 11 is 0. The maximum atomic E-state index is 12.6. The SMILES string of the molecule is COc1cn(-c2ccccc2)nc1C(=O)NCc1ccc(OC(C)C)cc1. The molecule has 0 aliphatic carbocycles. The van der Waals surface area contributed by atoms with E-state index in [2.05, 4.69) is 10.4 Å². The van der Waals surface area contributed by atoms with Crippen molar-refractivity contribution in [1.29, 1.82) is 0 Å². The lowest BCUT2D eigenvalue weighted by atomic mass is 10.2. The molecular formula is C21H23N3O3. The van der Waals surface area contributed by atoms with Crippen LogP contribution in [0.4, 0.5) is 0 Å². The topological polar surface area (TPSA) is 65.4 Å². The molecule has 6 heteroatoms. The molecule has 0 aliphatic rings. The zero-order chi connectivity index (χ0) is 19.2. The van der Waals surface area contributed by atoms with E-state index < -0.39 is 0 Å². The van der Waals surface area contributed by atoms with Crippen LogP contribution in [0.5, 0.6) is 11.5 Å². The van der Waals surface area contributed by atoms with E-state index in [-0.39, 0.29) is 17.7 Å². The van der Waals surface area contributed by atoms with Crippen LogP contribution in [0.1, 0.15) is 29.9 Å². The van der Waals surface area contributed by atoms with Gasteiger partial charge in [-0.2, -0.15) is 5.10 Å². The zero-order valence-electron chi connectivity index (χ0n) is 15.7. The van der Waals surface area contributed by atoms with E-state index in [9.17, 15) is 4.79 Å². The molecule has 3 rings (SSSR count). The fourth-order valence-corrected chi connectivity index (χ4v) is 2.60. The first kappa shape index (κ1) is 18.5. The minimum atomic E-state index is -0.288. The Bertz CT molecular complexity index is 887. The largest absolute Gasteiger partial charge is 0.493 e. The number of aromatic nitrogens is 2. The van der Waals surface area contributed by atoms with E-state index in [4.69, 9.17) is 9.47 Å². The summed E-state index contributed by atoms with van der Waals surface area (Å²) < 4.78 is 12.6. The number of amides is 1. The van der Waals surface area contributed by atoms with Gasteiger partial charge in [-0.3, -0.25) is 4.79 Å². The lowest BCUT2D eigenvalue weighted by molar-refractivity contribution is 0.0942. The van der Waals surface area contributed by atoms with Crippen LogP contribution >= 0.6 is 0 Å². The molecule has 0 fully saturated rings. The Labute approximate surface area is 158 Å². The normalized spacial score (nSPS) is 10.7. The second-order valence-electron chi connectivity index (χ2n) is 6.32. The molecule has 0 spiro atoms. The van der Waals surface area contributed by atoms with Crippen LogP contribution in [-0.2, 0) is 6.54 Å². The Hall–Kier alpha value is -3.28. The van der Waals surface area contributed by atoms with Crippen LogP contribution in [-0.4, -0.2) is 28.9 Å². The summed E-state index contributed by atoms with van der Waals surface area (Å²) in [6.45, 7) is 4.36. The number of hydrogen-bond donors (Lipinski definition) is 1. The van der Waals surface area contributed by atoms with Gasteiger partial charge in [-0.25, -0.2) is 4.68 Å². The molecule has 1 aromatic heterocycles. The third-order valence-electron chi connectivity index (χ3n) is 3.88. The number of benzene rings is 2. The van der Waals surface area contributed by atoms with Crippen molar-refractivity contribution in [1.82, 2.24) is 15.1 Å². The zero-order valence-corrected chi connectivity index (χ0v) is 15.7. The molecule has 0 unspecified atom stereocenters. The molecule has 0 aliphatic heterocycles. The number of nitrogens with one attached hydrogen (secondary N) is 1. The molecule has 0 saturated heterocycles. The van der Waals surface area contributed by atoms with Crippen molar-refractivity contribution in [2.24, 2.45) is 0 Å². The van der Waals surface area contributed by atoms with Gasteiger partial charge in [-0.05, 0) is 43.7 Å². The highest BCUT2D eigenvalue weighted by molar-refractivity contribution is 5.94. The van der Waals surface area contributed by atoms with Gasteiger partial charge in [0, 0.05) is 6.54 Å². The van der Waals surface area contributed by atoms with Crippen LogP contribution in [0.15, 0.2) is 60.8 Å². The van der Waals surface area contributed by atoms with Gasteiger partial charge in [0.25, 0.3) is 5.91 Å². The van der Waals surface area contributed by atoms with Crippen LogP contribution in [0.25, 0.3) is 5.69 Å². The Morgan fingerprint density at radius 3 is 2.44 bits per heavy atom. The number of carbonyl (C=O) groups is 1. The van der Waals surface area contributed by atoms with Crippen LogP contribution in [0.2, 0.25) is 0 Å². The van der Waals surface area contributed by atoms with Gasteiger partial charge in [-0.15, -0.1) is 0 Å². The molecule has 0 saturated carbocycles. The van der Waals surface area contributed by atoms with Crippen molar-refractivity contribution in [3.05, 3.63) is 72.1 Å². The van der Waals surface area contributed by atoms with Gasteiger partial charge in [0.05, 0.1) is 25.1 Å². The Morgan fingerprint density at radius 1 is 1.11 bits per heavy atom. The van der Waals surface area contributed by atoms with E-state index in [0.717, 1.165) is 17.0 Å². The second-order valence-corrected chi connectivity index (χ2v) is 6.32. The summed E-state index contributed by atoms with van der Waals surface area (Å²) in [6.07, 6.45) is 1.82. The quantitative estimate of drug-likeness (QED) is 0.695. The maximum absolute atomic E-state index is 12.6. The van der Waals surface area contributed by atoms with Gasteiger partial charge >= 0.3 is 0 Å². The van der Waals surface area contributed by atoms with Gasteiger partial charge in [0.1, 0.15) is 5.75 Å². The average Bonchev–Trinajstić information content (AvgIpc) is 3.12. The molecule has 1 amide bonds. The third kappa shape index (κ3) is 4.67. The maximum Gasteiger partial charge on any atom is 0.275 e. The third-order valence-corrected chi connectivity index (χ3v) is 3.88. The number of nitrogens with zero attached hydrogens (tertiary/aromatic N) is 2. The molecule has 0 atom stereocenters. The van der Waals surface area contributed by atoms with Gasteiger partial charge in [-0.1, -0.05) is 30.3 Å². The Kier molecular flexibility index (Phi) is 5.76. The summed E-state index contributed by atoms with van der Waals surface area (Å²) in [5.41, 5.74) is 2.08. The lowest BCUT2D eigenvalue weighted by Gasteiger charge is -2.10. The van der Waals surface area contributed by atoms with Crippen molar-refractivity contribution in [2.45, 2.75) is 26.5 Å². The minimum absolute atomic E-state index is 0.128. The van der Waals surface area contributed by atoms with Crippen molar-refractivity contribution in [3.8, 4) is 17.2 Å². The Balaban J connectivity index is 1.68. The van der Waals surface area contributed by atoms with Crippen molar-refractivity contribution < 1.29 is 14.3 Å². The lowest BCUT2D eigenvalue weighted by Crippen LogP contribution is -2.24. The number of carbonyl (C=O) groups excluding carboxylic acids is 1. The number of rotatable bonds is 7. The molecule has 0 bridgehead atoms. The van der Waals surface area contributed by atoms with E-state index in [1.165, 1.54) is 7.11 Å². The summed E-state index contributed by atoms with van der Waals surface area (Å²) in [5, 5.41) is 7.25. The van der Waals surface area contributed by atoms with Crippen molar-refractivity contribution in [2.75, 3.05) is 7.11 Å². The average molecular weight is 365 g/mol. The second kappa shape index (κ2) is 8.40. The van der Waals surface area contributed by atoms with E-state index in [1.807, 2.05) is 68.4 Å². The fourth-order valence-electron chi connectivity index (χ4n) is 2.60. The molecule has 140 valence electrons.